The second-order valence-electron chi connectivity index (χ2n) is 6.77. The Hall–Kier alpha value is -3.68. The number of hydrogen-bond acceptors (Lipinski definition) is 5. The van der Waals surface area contributed by atoms with E-state index in [1.807, 2.05) is 0 Å². The molecule has 2 aromatic rings. The second kappa shape index (κ2) is 8.77. The predicted octanol–water partition coefficient (Wildman–Crippen LogP) is 3.12. The number of rotatable bonds is 7. The summed E-state index contributed by atoms with van der Waals surface area (Å²) in [7, 11) is 1.50. The minimum absolute atomic E-state index is 0.0216. The Labute approximate surface area is 172 Å². The van der Waals surface area contributed by atoms with Crippen molar-refractivity contribution in [1.82, 2.24) is 4.90 Å². The van der Waals surface area contributed by atoms with Crippen LogP contribution in [0.1, 0.15) is 30.0 Å². The smallest absolute Gasteiger partial charge is 0.303 e. The summed E-state index contributed by atoms with van der Waals surface area (Å²) in [5.41, 5.74) is 0.611. The molecule has 1 saturated heterocycles. The number of amides is 1. The van der Waals surface area contributed by atoms with Gasteiger partial charge in [-0.1, -0.05) is 12.1 Å². The van der Waals surface area contributed by atoms with Crippen molar-refractivity contribution in [3.05, 3.63) is 71.0 Å². The molecular weight excluding hydrogens is 393 g/mol. The normalized spacial score (nSPS) is 17.9. The van der Waals surface area contributed by atoms with Gasteiger partial charge in [-0.3, -0.25) is 14.4 Å². The van der Waals surface area contributed by atoms with Crippen LogP contribution < -0.4 is 4.74 Å². The quantitative estimate of drug-likeness (QED) is 0.411. The number of carboxylic acids is 1. The van der Waals surface area contributed by atoms with Gasteiger partial charge in [0.25, 0.3) is 11.7 Å². The van der Waals surface area contributed by atoms with Crippen LogP contribution in [0.25, 0.3) is 5.76 Å². The van der Waals surface area contributed by atoms with Gasteiger partial charge in [-0.05, 0) is 48.4 Å². The zero-order valence-corrected chi connectivity index (χ0v) is 16.2. The SMILES string of the molecule is COc1ccc(C2/C(=C(\O)c3ccc(F)cc3)C(=O)C(=O)N2CCCC(=O)O)cc1. The van der Waals surface area contributed by atoms with Crippen LogP contribution in [-0.2, 0) is 14.4 Å². The summed E-state index contributed by atoms with van der Waals surface area (Å²) >= 11 is 0. The van der Waals surface area contributed by atoms with E-state index < -0.39 is 35.3 Å². The lowest BCUT2D eigenvalue weighted by molar-refractivity contribution is -0.140. The molecule has 0 saturated carbocycles. The molecule has 30 heavy (non-hydrogen) atoms. The second-order valence-corrected chi connectivity index (χ2v) is 6.77. The van der Waals surface area contributed by atoms with E-state index in [2.05, 4.69) is 0 Å². The van der Waals surface area contributed by atoms with Gasteiger partial charge in [0.05, 0.1) is 18.7 Å². The number of ketones is 1. The first kappa shape index (κ1) is 21.0. The Morgan fingerprint density at radius 2 is 1.70 bits per heavy atom. The minimum Gasteiger partial charge on any atom is -0.507 e. The van der Waals surface area contributed by atoms with Crippen LogP contribution in [0, 0.1) is 5.82 Å². The number of halogens is 1. The molecule has 0 spiro atoms. The Kier molecular flexibility index (Phi) is 6.15. The zero-order chi connectivity index (χ0) is 21.8. The average Bonchev–Trinajstić information content (AvgIpc) is 2.98. The standard InChI is InChI=1S/C22H20FNO6/c1-30-16-10-6-13(7-11-16)19-18(20(27)14-4-8-15(23)9-5-14)21(28)22(29)24(19)12-2-3-17(25)26/h4-11,19,27H,2-3,12H2,1H3,(H,25,26)/b20-18+. The largest absolute Gasteiger partial charge is 0.507 e. The van der Waals surface area contributed by atoms with Gasteiger partial charge >= 0.3 is 5.97 Å². The number of carbonyl (C=O) groups excluding carboxylic acids is 2. The molecule has 1 unspecified atom stereocenters. The van der Waals surface area contributed by atoms with E-state index in [0.717, 1.165) is 12.1 Å². The van der Waals surface area contributed by atoms with E-state index in [1.54, 1.807) is 24.3 Å². The van der Waals surface area contributed by atoms with Crippen molar-refractivity contribution in [1.29, 1.82) is 0 Å². The summed E-state index contributed by atoms with van der Waals surface area (Å²) in [5, 5.41) is 19.7. The number of benzene rings is 2. The third-order valence-corrected chi connectivity index (χ3v) is 4.88. The number of aliphatic hydroxyl groups is 1. The van der Waals surface area contributed by atoms with E-state index in [1.165, 1.54) is 24.1 Å². The van der Waals surface area contributed by atoms with E-state index in [-0.39, 0.29) is 30.5 Å². The first-order valence-corrected chi connectivity index (χ1v) is 9.23. The molecule has 1 amide bonds. The number of ether oxygens (including phenoxy) is 1. The number of nitrogens with zero attached hydrogens (tertiary/aromatic N) is 1. The van der Waals surface area contributed by atoms with Crippen LogP contribution >= 0.6 is 0 Å². The molecule has 2 N–H and O–H groups in total. The molecule has 0 radical (unpaired) electrons. The van der Waals surface area contributed by atoms with E-state index in [0.29, 0.717) is 11.3 Å². The van der Waals surface area contributed by atoms with Crippen molar-refractivity contribution in [2.24, 2.45) is 0 Å². The highest BCUT2D eigenvalue weighted by Gasteiger charge is 2.45. The molecule has 1 aliphatic heterocycles. The van der Waals surface area contributed by atoms with Gasteiger partial charge in [0, 0.05) is 18.5 Å². The van der Waals surface area contributed by atoms with Gasteiger partial charge in [-0.2, -0.15) is 0 Å². The number of aliphatic carboxylic acids is 1. The number of carbonyl (C=O) groups is 3. The monoisotopic (exact) mass is 413 g/mol. The number of hydrogen-bond donors (Lipinski definition) is 2. The third kappa shape index (κ3) is 4.17. The lowest BCUT2D eigenvalue weighted by atomic mass is 9.95. The lowest BCUT2D eigenvalue weighted by Crippen LogP contribution is -2.31. The van der Waals surface area contributed by atoms with Crippen LogP contribution in [0.2, 0.25) is 0 Å². The van der Waals surface area contributed by atoms with Gasteiger partial charge < -0.3 is 19.8 Å². The molecule has 1 fully saturated rings. The van der Waals surface area contributed by atoms with Crippen molar-refractivity contribution in [2.75, 3.05) is 13.7 Å². The molecule has 1 heterocycles. The molecule has 7 nitrogen and oxygen atoms in total. The van der Waals surface area contributed by atoms with Crippen LogP contribution in [-0.4, -0.2) is 46.4 Å². The van der Waals surface area contributed by atoms with Crippen LogP contribution in [0.3, 0.4) is 0 Å². The van der Waals surface area contributed by atoms with Crippen molar-refractivity contribution in [3.8, 4) is 5.75 Å². The van der Waals surface area contributed by atoms with Gasteiger partial charge in [0.1, 0.15) is 17.3 Å². The fraction of sp³-hybridized carbons (Fsp3) is 0.227. The molecule has 8 heteroatoms. The van der Waals surface area contributed by atoms with Crippen molar-refractivity contribution >= 4 is 23.4 Å². The maximum absolute atomic E-state index is 13.3. The maximum atomic E-state index is 13.3. The average molecular weight is 413 g/mol. The van der Waals surface area contributed by atoms with Crippen molar-refractivity contribution in [3.63, 3.8) is 0 Å². The first-order valence-electron chi connectivity index (χ1n) is 9.23. The molecule has 1 atom stereocenters. The number of aliphatic hydroxyl groups excluding tert-OH is 1. The highest BCUT2D eigenvalue weighted by atomic mass is 19.1. The third-order valence-electron chi connectivity index (χ3n) is 4.88. The van der Waals surface area contributed by atoms with Gasteiger partial charge in [0.2, 0.25) is 0 Å². The summed E-state index contributed by atoms with van der Waals surface area (Å²) < 4.78 is 18.4. The first-order chi connectivity index (χ1) is 14.3. The summed E-state index contributed by atoms with van der Waals surface area (Å²) in [5.74, 6) is -3.08. The number of Topliss-reactive ketones (excluding diaryl/α,β-unsaturated/α-hetero) is 1. The van der Waals surface area contributed by atoms with Crippen molar-refractivity contribution in [2.45, 2.75) is 18.9 Å². The fourth-order valence-corrected chi connectivity index (χ4v) is 3.41. The van der Waals surface area contributed by atoms with Crippen molar-refractivity contribution < 1.29 is 33.7 Å². The molecule has 0 aromatic heterocycles. The molecule has 1 aliphatic rings. The molecule has 156 valence electrons. The number of likely N-dealkylation sites (tertiary alicyclic amines) is 1. The Balaban J connectivity index is 2.08. The summed E-state index contributed by atoms with van der Waals surface area (Å²) in [4.78, 5) is 37.6. The maximum Gasteiger partial charge on any atom is 0.303 e. The summed E-state index contributed by atoms with van der Waals surface area (Å²) in [6, 6.07) is 10.6. The molecule has 0 aliphatic carbocycles. The van der Waals surface area contributed by atoms with Gasteiger partial charge in [0.15, 0.2) is 0 Å². The Morgan fingerprint density at radius 1 is 1.07 bits per heavy atom. The topological polar surface area (TPSA) is 104 Å². The highest BCUT2D eigenvalue weighted by molar-refractivity contribution is 6.46. The van der Waals surface area contributed by atoms with E-state index in [9.17, 15) is 23.9 Å². The van der Waals surface area contributed by atoms with E-state index >= 15 is 0 Å². The van der Waals surface area contributed by atoms with Gasteiger partial charge in [-0.25, -0.2) is 4.39 Å². The van der Waals surface area contributed by atoms with Crippen LogP contribution in [0.4, 0.5) is 4.39 Å². The lowest BCUT2D eigenvalue weighted by Gasteiger charge is -2.25. The van der Waals surface area contributed by atoms with Crippen LogP contribution in [0.5, 0.6) is 5.75 Å². The predicted molar refractivity (Wildman–Crippen MR) is 105 cm³/mol. The molecule has 2 aromatic carbocycles. The molecular formula is C22H20FNO6. The van der Waals surface area contributed by atoms with Crippen LogP contribution in [0.15, 0.2) is 54.1 Å². The summed E-state index contributed by atoms with van der Waals surface area (Å²) in [6.45, 7) is 0.0216. The fourth-order valence-electron chi connectivity index (χ4n) is 3.41. The molecule has 0 bridgehead atoms. The minimum atomic E-state index is -1.01. The van der Waals surface area contributed by atoms with E-state index in [4.69, 9.17) is 9.84 Å². The summed E-state index contributed by atoms with van der Waals surface area (Å²) in [6.07, 6.45) is -0.0259. The number of carboxylic acid groups (broad SMARTS) is 1. The zero-order valence-electron chi connectivity index (χ0n) is 16.2. The highest BCUT2D eigenvalue weighted by Crippen LogP contribution is 2.39. The Bertz CT molecular complexity index is 997. The number of methoxy groups -OCH3 is 1. The van der Waals surface area contributed by atoms with Gasteiger partial charge in [-0.15, -0.1) is 0 Å². The molecule has 3 rings (SSSR count). The Morgan fingerprint density at radius 3 is 2.27 bits per heavy atom.